The van der Waals surface area contributed by atoms with E-state index in [9.17, 15) is 4.79 Å². The first-order valence-corrected chi connectivity index (χ1v) is 7.62. The maximum Gasteiger partial charge on any atom is 0.234 e. The molecule has 1 saturated heterocycles. The molecule has 6 heteroatoms. The largest absolute Gasteiger partial charge is 0.381 e. The Morgan fingerprint density at radius 1 is 1.38 bits per heavy atom. The van der Waals surface area contributed by atoms with Crippen LogP contribution in [-0.2, 0) is 26.3 Å². The van der Waals surface area contributed by atoms with Crippen LogP contribution in [0.2, 0.25) is 0 Å². The molecule has 0 aromatic carbocycles. The van der Waals surface area contributed by atoms with Gasteiger partial charge in [-0.25, -0.2) is 0 Å². The third-order valence-corrected chi connectivity index (χ3v) is 3.58. The number of ketones is 1. The van der Waals surface area contributed by atoms with Gasteiger partial charge in [-0.3, -0.25) is 4.79 Å². The summed E-state index contributed by atoms with van der Waals surface area (Å²) in [4.78, 5) is 16.2. The molecule has 6 nitrogen and oxygen atoms in total. The first-order chi connectivity index (χ1) is 10.1. The molecule has 0 N–H and O–H groups in total. The average Bonchev–Trinajstić information content (AvgIpc) is 2.88. The van der Waals surface area contributed by atoms with E-state index in [0.717, 1.165) is 0 Å². The van der Waals surface area contributed by atoms with Crippen molar-refractivity contribution >= 4 is 5.78 Å². The lowest BCUT2D eigenvalue weighted by Gasteiger charge is -2.33. The SMILES string of the molecule is CCOC1(c2noc(CC(=O)CC(C)C)n2)CCOCC1. The van der Waals surface area contributed by atoms with Crippen molar-refractivity contribution in [2.45, 2.75) is 52.1 Å². The zero-order valence-corrected chi connectivity index (χ0v) is 13.1. The summed E-state index contributed by atoms with van der Waals surface area (Å²) in [6, 6.07) is 0. The highest BCUT2D eigenvalue weighted by atomic mass is 16.5. The van der Waals surface area contributed by atoms with Crippen LogP contribution < -0.4 is 0 Å². The molecule has 2 heterocycles. The second kappa shape index (κ2) is 7.13. The fourth-order valence-electron chi connectivity index (χ4n) is 2.62. The predicted molar refractivity (Wildman–Crippen MR) is 75.8 cm³/mol. The van der Waals surface area contributed by atoms with E-state index in [1.807, 2.05) is 20.8 Å². The summed E-state index contributed by atoms with van der Waals surface area (Å²) in [5.41, 5.74) is -0.532. The molecule has 0 radical (unpaired) electrons. The lowest BCUT2D eigenvalue weighted by Crippen LogP contribution is -2.37. The summed E-state index contributed by atoms with van der Waals surface area (Å²) >= 11 is 0. The maximum absolute atomic E-state index is 11.8. The van der Waals surface area contributed by atoms with Crippen molar-refractivity contribution in [3.05, 3.63) is 11.7 Å². The minimum atomic E-state index is -0.532. The van der Waals surface area contributed by atoms with Crippen LogP contribution in [0.15, 0.2) is 4.52 Å². The van der Waals surface area contributed by atoms with Crippen molar-refractivity contribution < 1.29 is 18.8 Å². The van der Waals surface area contributed by atoms with Crippen LogP contribution >= 0.6 is 0 Å². The highest BCUT2D eigenvalue weighted by Crippen LogP contribution is 2.34. The number of rotatable bonds is 7. The standard InChI is InChI=1S/C15H24N2O4/c1-4-20-15(5-7-19-8-6-15)14-16-13(21-17-14)10-12(18)9-11(2)3/h11H,4-10H2,1-3H3. The average molecular weight is 296 g/mol. The smallest absolute Gasteiger partial charge is 0.234 e. The zero-order chi connectivity index (χ0) is 15.3. The van der Waals surface area contributed by atoms with E-state index in [1.54, 1.807) is 0 Å². The Bertz CT molecular complexity index is 458. The Morgan fingerprint density at radius 2 is 2.10 bits per heavy atom. The van der Waals surface area contributed by atoms with Crippen LogP contribution in [0, 0.1) is 5.92 Å². The normalized spacial score (nSPS) is 18.1. The molecule has 0 saturated carbocycles. The van der Waals surface area contributed by atoms with Crippen molar-refractivity contribution in [1.82, 2.24) is 10.1 Å². The van der Waals surface area contributed by atoms with Gasteiger partial charge in [-0.05, 0) is 12.8 Å². The summed E-state index contributed by atoms with van der Waals surface area (Å²) in [7, 11) is 0. The maximum atomic E-state index is 11.8. The molecule has 21 heavy (non-hydrogen) atoms. The summed E-state index contributed by atoms with van der Waals surface area (Å²) < 4.78 is 16.5. The van der Waals surface area contributed by atoms with E-state index in [0.29, 0.717) is 56.7 Å². The quantitative estimate of drug-likeness (QED) is 0.768. The summed E-state index contributed by atoms with van der Waals surface area (Å²) in [6.07, 6.45) is 2.14. The second-order valence-corrected chi connectivity index (χ2v) is 5.86. The molecule has 1 aliphatic heterocycles. The second-order valence-electron chi connectivity index (χ2n) is 5.86. The highest BCUT2D eigenvalue weighted by Gasteiger charge is 2.39. The van der Waals surface area contributed by atoms with Gasteiger partial charge >= 0.3 is 0 Å². The number of ether oxygens (including phenoxy) is 2. The van der Waals surface area contributed by atoms with Gasteiger partial charge in [-0.15, -0.1) is 0 Å². The van der Waals surface area contributed by atoms with Gasteiger partial charge in [0.25, 0.3) is 0 Å². The third-order valence-electron chi connectivity index (χ3n) is 3.58. The van der Waals surface area contributed by atoms with E-state index >= 15 is 0 Å². The van der Waals surface area contributed by atoms with E-state index in [1.165, 1.54) is 0 Å². The highest BCUT2D eigenvalue weighted by molar-refractivity contribution is 5.80. The molecule has 1 aromatic rings. The van der Waals surface area contributed by atoms with Crippen molar-refractivity contribution in [2.24, 2.45) is 5.92 Å². The first-order valence-electron chi connectivity index (χ1n) is 7.62. The molecule has 0 spiro atoms. The number of Topliss-reactive ketones (excluding diaryl/α,β-unsaturated/α-hetero) is 1. The number of carbonyl (C=O) groups excluding carboxylic acids is 1. The van der Waals surface area contributed by atoms with Gasteiger partial charge in [0.1, 0.15) is 11.4 Å². The Labute approximate surface area is 125 Å². The van der Waals surface area contributed by atoms with Gasteiger partial charge in [0.2, 0.25) is 11.7 Å². The molecule has 1 fully saturated rings. The molecule has 118 valence electrons. The predicted octanol–water partition coefficient (Wildman–Crippen LogP) is 2.27. The van der Waals surface area contributed by atoms with Crippen LogP contribution in [0.1, 0.15) is 51.7 Å². The summed E-state index contributed by atoms with van der Waals surface area (Å²) in [6.45, 7) is 7.80. The van der Waals surface area contributed by atoms with Crippen LogP contribution in [0.25, 0.3) is 0 Å². The van der Waals surface area contributed by atoms with E-state index in [-0.39, 0.29) is 12.2 Å². The molecule has 0 unspecified atom stereocenters. The third kappa shape index (κ3) is 4.11. The van der Waals surface area contributed by atoms with Crippen molar-refractivity contribution in [3.8, 4) is 0 Å². The van der Waals surface area contributed by atoms with Crippen LogP contribution in [0.3, 0.4) is 0 Å². The minimum Gasteiger partial charge on any atom is -0.381 e. The van der Waals surface area contributed by atoms with Crippen LogP contribution in [-0.4, -0.2) is 35.7 Å². The molecule has 1 aliphatic rings. The van der Waals surface area contributed by atoms with E-state index in [4.69, 9.17) is 14.0 Å². The monoisotopic (exact) mass is 296 g/mol. The van der Waals surface area contributed by atoms with Gasteiger partial charge in [0, 0.05) is 39.1 Å². The van der Waals surface area contributed by atoms with Gasteiger partial charge < -0.3 is 14.0 Å². The van der Waals surface area contributed by atoms with Crippen molar-refractivity contribution in [2.75, 3.05) is 19.8 Å². The zero-order valence-electron chi connectivity index (χ0n) is 13.1. The number of aromatic nitrogens is 2. The molecule has 1 aromatic heterocycles. The Balaban J connectivity index is 2.08. The fourth-order valence-corrected chi connectivity index (χ4v) is 2.62. The minimum absolute atomic E-state index is 0.123. The molecule has 0 bridgehead atoms. The topological polar surface area (TPSA) is 74.5 Å². The molecule has 0 amide bonds. The van der Waals surface area contributed by atoms with Gasteiger partial charge in [0.15, 0.2) is 0 Å². The molecular weight excluding hydrogens is 272 g/mol. The van der Waals surface area contributed by atoms with E-state index < -0.39 is 5.60 Å². The number of nitrogens with zero attached hydrogens (tertiary/aromatic N) is 2. The Hall–Kier alpha value is -1.27. The first kappa shape index (κ1) is 16.1. The number of carbonyl (C=O) groups is 1. The molecule has 2 rings (SSSR count). The number of hydrogen-bond acceptors (Lipinski definition) is 6. The lowest BCUT2D eigenvalue weighted by molar-refractivity contribution is -0.119. The summed E-state index contributed by atoms with van der Waals surface area (Å²) in [5, 5.41) is 4.04. The van der Waals surface area contributed by atoms with Crippen LogP contribution in [0.4, 0.5) is 0 Å². The van der Waals surface area contributed by atoms with Gasteiger partial charge in [-0.1, -0.05) is 19.0 Å². The van der Waals surface area contributed by atoms with Crippen molar-refractivity contribution in [3.63, 3.8) is 0 Å². The fraction of sp³-hybridized carbons (Fsp3) is 0.800. The van der Waals surface area contributed by atoms with Gasteiger partial charge in [-0.2, -0.15) is 4.98 Å². The van der Waals surface area contributed by atoms with Crippen molar-refractivity contribution in [1.29, 1.82) is 0 Å². The Morgan fingerprint density at radius 3 is 2.71 bits per heavy atom. The summed E-state index contributed by atoms with van der Waals surface area (Å²) in [5.74, 6) is 1.38. The molecule has 0 atom stereocenters. The number of hydrogen-bond donors (Lipinski definition) is 0. The van der Waals surface area contributed by atoms with Gasteiger partial charge in [0.05, 0.1) is 6.42 Å². The van der Waals surface area contributed by atoms with E-state index in [2.05, 4.69) is 10.1 Å². The Kier molecular flexibility index (Phi) is 5.47. The molecule has 0 aliphatic carbocycles. The van der Waals surface area contributed by atoms with Crippen LogP contribution in [0.5, 0.6) is 0 Å². The lowest BCUT2D eigenvalue weighted by atomic mass is 9.93. The molecular formula is C15H24N2O4.